The van der Waals surface area contributed by atoms with Crippen molar-refractivity contribution in [1.82, 2.24) is 0 Å². The Morgan fingerprint density at radius 3 is 3.00 bits per heavy atom. The Balaban J connectivity index is 2.19. The van der Waals surface area contributed by atoms with Crippen molar-refractivity contribution >= 4 is 23.1 Å². The molecule has 1 aliphatic heterocycles. The van der Waals surface area contributed by atoms with Gasteiger partial charge in [0.1, 0.15) is 11.4 Å². The number of ether oxygens (including phenoxy) is 1. The van der Waals surface area contributed by atoms with Gasteiger partial charge >= 0.3 is 0 Å². The first-order valence-corrected chi connectivity index (χ1v) is 7.03. The maximum absolute atomic E-state index is 11.0. The van der Waals surface area contributed by atoms with Crippen LogP contribution in [0.1, 0.15) is 12.8 Å². The standard InChI is InChI=1S/C12H16N2O3S/c1-17-10-4-5-12(14(15)16)11(7-10)13-9-3-2-6-18-8-9/h4-5,7,9,13H,2-3,6,8H2,1H3. The molecule has 1 saturated heterocycles. The summed E-state index contributed by atoms with van der Waals surface area (Å²) in [5, 5.41) is 14.2. The third kappa shape index (κ3) is 3.07. The number of hydrogen-bond acceptors (Lipinski definition) is 5. The van der Waals surface area contributed by atoms with Crippen LogP contribution in [0, 0.1) is 10.1 Å². The molecule has 1 N–H and O–H groups in total. The van der Waals surface area contributed by atoms with Crippen molar-refractivity contribution in [1.29, 1.82) is 0 Å². The molecule has 1 aromatic rings. The average Bonchev–Trinajstić information content (AvgIpc) is 2.39. The molecule has 0 saturated carbocycles. The molecule has 0 aromatic heterocycles. The highest BCUT2D eigenvalue weighted by atomic mass is 32.2. The number of nitrogens with one attached hydrogen (secondary N) is 1. The van der Waals surface area contributed by atoms with Crippen LogP contribution in [0.2, 0.25) is 0 Å². The number of benzene rings is 1. The molecule has 98 valence electrons. The van der Waals surface area contributed by atoms with Crippen LogP contribution in [0.15, 0.2) is 18.2 Å². The first-order valence-electron chi connectivity index (χ1n) is 5.87. The van der Waals surface area contributed by atoms with E-state index in [1.54, 1.807) is 19.2 Å². The molecule has 0 radical (unpaired) electrons. The van der Waals surface area contributed by atoms with Gasteiger partial charge in [0.2, 0.25) is 0 Å². The maximum Gasteiger partial charge on any atom is 0.292 e. The van der Waals surface area contributed by atoms with Crippen LogP contribution in [0.3, 0.4) is 0 Å². The zero-order valence-electron chi connectivity index (χ0n) is 10.2. The van der Waals surface area contributed by atoms with E-state index >= 15 is 0 Å². The van der Waals surface area contributed by atoms with Gasteiger partial charge in [0.25, 0.3) is 5.69 Å². The number of nitrogens with zero attached hydrogens (tertiary/aromatic N) is 1. The number of anilines is 1. The quantitative estimate of drug-likeness (QED) is 0.672. The van der Waals surface area contributed by atoms with Gasteiger partial charge in [-0.25, -0.2) is 0 Å². The van der Waals surface area contributed by atoms with Crippen LogP contribution in [0.5, 0.6) is 5.75 Å². The summed E-state index contributed by atoms with van der Waals surface area (Å²) in [5.74, 6) is 2.80. The van der Waals surface area contributed by atoms with Crippen molar-refractivity contribution in [2.24, 2.45) is 0 Å². The van der Waals surface area contributed by atoms with Crippen molar-refractivity contribution in [3.63, 3.8) is 0 Å². The first kappa shape index (κ1) is 13.0. The van der Waals surface area contributed by atoms with Crippen molar-refractivity contribution in [3.8, 4) is 5.75 Å². The van der Waals surface area contributed by atoms with Gasteiger partial charge in [0, 0.05) is 23.9 Å². The third-order valence-corrected chi connectivity index (χ3v) is 4.14. The molecule has 2 rings (SSSR count). The minimum absolute atomic E-state index is 0.103. The highest BCUT2D eigenvalue weighted by Crippen LogP contribution is 2.31. The Labute approximate surface area is 110 Å². The van der Waals surface area contributed by atoms with E-state index in [2.05, 4.69) is 5.32 Å². The summed E-state index contributed by atoms with van der Waals surface area (Å²) in [6, 6.07) is 5.09. The molecule has 0 amide bonds. The second-order valence-electron chi connectivity index (χ2n) is 4.20. The van der Waals surface area contributed by atoms with Crippen molar-refractivity contribution in [3.05, 3.63) is 28.3 Å². The molecule has 6 heteroatoms. The predicted molar refractivity (Wildman–Crippen MR) is 73.6 cm³/mol. The summed E-state index contributed by atoms with van der Waals surface area (Å²) < 4.78 is 5.11. The molecule has 1 fully saturated rings. The van der Waals surface area contributed by atoms with E-state index in [4.69, 9.17) is 4.74 Å². The Kier molecular flexibility index (Phi) is 4.30. The van der Waals surface area contributed by atoms with Gasteiger partial charge in [-0.3, -0.25) is 10.1 Å². The van der Waals surface area contributed by atoms with Crippen molar-refractivity contribution in [2.45, 2.75) is 18.9 Å². The van der Waals surface area contributed by atoms with E-state index in [0.717, 1.165) is 18.6 Å². The van der Waals surface area contributed by atoms with E-state index in [-0.39, 0.29) is 10.6 Å². The maximum atomic E-state index is 11.0. The molecule has 18 heavy (non-hydrogen) atoms. The summed E-state index contributed by atoms with van der Waals surface area (Å²) in [6.45, 7) is 0. The van der Waals surface area contributed by atoms with Gasteiger partial charge in [-0.1, -0.05) is 0 Å². The van der Waals surface area contributed by atoms with Gasteiger partial charge in [0.05, 0.1) is 12.0 Å². The minimum atomic E-state index is -0.363. The molecule has 1 aliphatic rings. The van der Waals surface area contributed by atoms with E-state index in [1.165, 1.54) is 11.8 Å². The van der Waals surface area contributed by atoms with Gasteiger partial charge in [-0.05, 0) is 24.7 Å². The molecule has 1 heterocycles. The van der Waals surface area contributed by atoms with E-state index < -0.39 is 0 Å². The lowest BCUT2D eigenvalue weighted by atomic mass is 10.1. The zero-order chi connectivity index (χ0) is 13.0. The average molecular weight is 268 g/mol. The lowest BCUT2D eigenvalue weighted by Gasteiger charge is -2.23. The Bertz CT molecular complexity index is 433. The molecule has 1 atom stereocenters. The summed E-state index contributed by atoms with van der Waals surface area (Å²) in [7, 11) is 1.56. The third-order valence-electron chi connectivity index (χ3n) is 2.92. The second kappa shape index (κ2) is 5.95. The largest absolute Gasteiger partial charge is 0.497 e. The molecule has 0 aliphatic carbocycles. The lowest BCUT2D eigenvalue weighted by Crippen LogP contribution is -2.26. The monoisotopic (exact) mass is 268 g/mol. The first-order chi connectivity index (χ1) is 8.70. The van der Waals surface area contributed by atoms with Gasteiger partial charge in [-0.2, -0.15) is 11.8 Å². The molecule has 5 nitrogen and oxygen atoms in total. The summed E-state index contributed by atoms with van der Waals surface area (Å²) >= 11 is 1.88. The van der Waals surface area contributed by atoms with Gasteiger partial charge in [-0.15, -0.1) is 0 Å². The summed E-state index contributed by atoms with van der Waals surface area (Å²) in [6.07, 6.45) is 2.21. The highest BCUT2D eigenvalue weighted by molar-refractivity contribution is 7.99. The van der Waals surface area contributed by atoms with Crippen LogP contribution in [-0.2, 0) is 0 Å². The fourth-order valence-corrected chi connectivity index (χ4v) is 3.06. The Morgan fingerprint density at radius 2 is 2.39 bits per heavy atom. The normalized spacial score (nSPS) is 19.3. The van der Waals surface area contributed by atoms with Crippen LogP contribution in [0.4, 0.5) is 11.4 Å². The number of nitro benzene ring substituents is 1. The van der Waals surface area contributed by atoms with Gasteiger partial charge < -0.3 is 10.1 Å². The van der Waals surface area contributed by atoms with E-state index in [0.29, 0.717) is 17.5 Å². The van der Waals surface area contributed by atoms with E-state index in [9.17, 15) is 10.1 Å². The van der Waals surface area contributed by atoms with Crippen LogP contribution < -0.4 is 10.1 Å². The molecular weight excluding hydrogens is 252 g/mol. The summed E-state index contributed by atoms with van der Waals surface area (Å²) in [5.41, 5.74) is 0.651. The SMILES string of the molecule is COc1ccc([N+](=O)[O-])c(NC2CCCSC2)c1. The molecule has 1 aromatic carbocycles. The zero-order valence-corrected chi connectivity index (χ0v) is 11.0. The summed E-state index contributed by atoms with van der Waals surface area (Å²) in [4.78, 5) is 10.6. The van der Waals surface area contributed by atoms with Crippen LogP contribution in [0.25, 0.3) is 0 Å². The molecular formula is C12H16N2O3S. The van der Waals surface area contributed by atoms with Gasteiger partial charge in [0.15, 0.2) is 0 Å². The van der Waals surface area contributed by atoms with E-state index in [1.807, 2.05) is 11.8 Å². The lowest BCUT2D eigenvalue weighted by molar-refractivity contribution is -0.384. The van der Waals surface area contributed by atoms with Crippen molar-refractivity contribution < 1.29 is 9.66 Å². The molecule has 0 spiro atoms. The highest BCUT2D eigenvalue weighted by Gasteiger charge is 2.19. The second-order valence-corrected chi connectivity index (χ2v) is 5.35. The number of methoxy groups -OCH3 is 1. The number of thioether (sulfide) groups is 1. The Hall–Kier alpha value is -1.43. The fourth-order valence-electron chi connectivity index (χ4n) is 1.99. The number of rotatable bonds is 4. The topological polar surface area (TPSA) is 64.4 Å². The predicted octanol–water partition coefficient (Wildman–Crippen LogP) is 2.91. The number of nitro groups is 1. The minimum Gasteiger partial charge on any atom is -0.497 e. The Morgan fingerprint density at radius 1 is 1.56 bits per heavy atom. The smallest absolute Gasteiger partial charge is 0.292 e. The van der Waals surface area contributed by atoms with Crippen LogP contribution >= 0.6 is 11.8 Å². The van der Waals surface area contributed by atoms with Crippen molar-refractivity contribution in [2.75, 3.05) is 23.9 Å². The number of hydrogen-bond donors (Lipinski definition) is 1. The van der Waals surface area contributed by atoms with Crippen LogP contribution in [-0.4, -0.2) is 29.6 Å². The fraction of sp³-hybridized carbons (Fsp3) is 0.500. The molecule has 0 bridgehead atoms. The molecule has 1 unspecified atom stereocenters.